The van der Waals surface area contributed by atoms with Gasteiger partial charge in [0.25, 0.3) is 0 Å². The van der Waals surface area contributed by atoms with Crippen molar-refractivity contribution >= 4 is 23.4 Å². The molecule has 162 valence electrons. The van der Waals surface area contributed by atoms with Crippen LogP contribution in [0.3, 0.4) is 0 Å². The van der Waals surface area contributed by atoms with Crippen LogP contribution in [0, 0.1) is 5.92 Å². The Balaban J connectivity index is 1.36. The summed E-state index contributed by atoms with van der Waals surface area (Å²) in [5.74, 6) is 1.44. The maximum Gasteiger partial charge on any atom is 0.410 e. The fourth-order valence-corrected chi connectivity index (χ4v) is 4.51. The molecule has 0 spiro atoms. The van der Waals surface area contributed by atoms with Gasteiger partial charge < -0.3 is 20.3 Å². The Bertz CT molecular complexity index is 680. The number of nitrogens with zero attached hydrogens (tertiary/aromatic N) is 3. The van der Waals surface area contributed by atoms with Crippen molar-refractivity contribution in [3.05, 3.63) is 22.4 Å². The number of rotatable bonds is 5. The summed E-state index contributed by atoms with van der Waals surface area (Å²) >= 11 is 1.84. The van der Waals surface area contributed by atoms with Gasteiger partial charge in [-0.1, -0.05) is 6.07 Å². The third-order valence-corrected chi connectivity index (χ3v) is 6.08. The van der Waals surface area contributed by atoms with Gasteiger partial charge >= 0.3 is 6.09 Å². The Morgan fingerprint density at radius 3 is 2.79 bits per heavy atom. The highest BCUT2D eigenvalue weighted by Crippen LogP contribution is 2.20. The van der Waals surface area contributed by atoms with E-state index in [1.807, 2.05) is 32.1 Å². The smallest absolute Gasteiger partial charge is 0.410 e. The van der Waals surface area contributed by atoms with Crippen molar-refractivity contribution in [1.29, 1.82) is 0 Å². The maximum absolute atomic E-state index is 12.0. The molecule has 2 fully saturated rings. The molecule has 0 bridgehead atoms. The van der Waals surface area contributed by atoms with Gasteiger partial charge in [0, 0.05) is 44.6 Å². The number of piperidine rings is 1. The number of ether oxygens (including phenoxy) is 1. The van der Waals surface area contributed by atoms with E-state index in [1.54, 1.807) is 11.9 Å². The minimum atomic E-state index is -0.454. The molecular formula is C21H35N5O2S. The van der Waals surface area contributed by atoms with Crippen LogP contribution in [0.15, 0.2) is 22.5 Å². The molecule has 0 radical (unpaired) electrons. The normalized spacial score (nSPS) is 21.6. The van der Waals surface area contributed by atoms with E-state index in [1.165, 1.54) is 24.3 Å². The van der Waals surface area contributed by atoms with Crippen molar-refractivity contribution in [1.82, 2.24) is 20.4 Å². The molecule has 0 aliphatic carbocycles. The highest BCUT2D eigenvalue weighted by Gasteiger charge is 2.34. The van der Waals surface area contributed by atoms with E-state index in [0.717, 1.165) is 25.6 Å². The number of carbonyl (C=O) groups is 1. The number of likely N-dealkylation sites (tertiary alicyclic amines) is 2. The summed E-state index contributed by atoms with van der Waals surface area (Å²) in [4.78, 5) is 22.1. The van der Waals surface area contributed by atoms with Crippen molar-refractivity contribution in [2.45, 2.75) is 51.8 Å². The van der Waals surface area contributed by atoms with E-state index in [2.05, 4.69) is 38.0 Å². The molecule has 0 aromatic carbocycles. The van der Waals surface area contributed by atoms with E-state index < -0.39 is 5.60 Å². The number of thiophene rings is 1. The second-order valence-corrected chi connectivity index (χ2v) is 10.0. The van der Waals surface area contributed by atoms with Crippen molar-refractivity contribution in [2.24, 2.45) is 10.9 Å². The molecule has 0 saturated carbocycles. The number of hydrogen-bond donors (Lipinski definition) is 2. The molecule has 2 N–H and O–H groups in total. The largest absolute Gasteiger partial charge is 0.444 e. The summed E-state index contributed by atoms with van der Waals surface area (Å²) in [7, 11) is 1.80. The van der Waals surface area contributed by atoms with Crippen LogP contribution in [-0.2, 0) is 11.3 Å². The zero-order valence-corrected chi connectivity index (χ0v) is 18.9. The lowest BCUT2D eigenvalue weighted by atomic mass is 9.98. The molecule has 1 aromatic rings. The molecule has 1 atom stereocenters. The van der Waals surface area contributed by atoms with Crippen molar-refractivity contribution in [3.8, 4) is 0 Å². The highest BCUT2D eigenvalue weighted by molar-refractivity contribution is 7.09. The summed E-state index contributed by atoms with van der Waals surface area (Å²) in [6.45, 7) is 11.2. The molecule has 29 heavy (non-hydrogen) atoms. The van der Waals surface area contributed by atoms with Crippen molar-refractivity contribution in [2.75, 3.05) is 39.8 Å². The lowest BCUT2D eigenvalue weighted by Crippen LogP contribution is -2.63. The van der Waals surface area contributed by atoms with Crippen molar-refractivity contribution < 1.29 is 9.53 Å². The molecule has 3 heterocycles. The molecular weight excluding hydrogens is 386 g/mol. The van der Waals surface area contributed by atoms with Crippen LogP contribution < -0.4 is 10.6 Å². The minimum Gasteiger partial charge on any atom is -0.444 e. The monoisotopic (exact) mass is 421 g/mol. The minimum absolute atomic E-state index is 0.218. The second-order valence-electron chi connectivity index (χ2n) is 9.00. The van der Waals surface area contributed by atoms with Gasteiger partial charge in [-0.2, -0.15) is 0 Å². The Morgan fingerprint density at radius 2 is 2.14 bits per heavy atom. The first kappa shape index (κ1) is 21.9. The lowest BCUT2D eigenvalue weighted by molar-refractivity contribution is 0.00700. The summed E-state index contributed by atoms with van der Waals surface area (Å²) in [5.41, 5.74) is -0.454. The molecule has 2 saturated heterocycles. The van der Waals surface area contributed by atoms with Crippen LogP contribution >= 0.6 is 11.3 Å². The summed E-state index contributed by atoms with van der Waals surface area (Å²) in [6.07, 6.45) is 2.25. The van der Waals surface area contributed by atoms with Crippen molar-refractivity contribution in [3.63, 3.8) is 0 Å². The van der Waals surface area contributed by atoms with E-state index in [-0.39, 0.29) is 12.1 Å². The zero-order valence-electron chi connectivity index (χ0n) is 18.1. The summed E-state index contributed by atoms with van der Waals surface area (Å²) in [6, 6.07) is 4.57. The number of hydrogen-bond acceptors (Lipinski definition) is 5. The molecule has 2 aliphatic rings. The van der Waals surface area contributed by atoms with E-state index in [0.29, 0.717) is 19.0 Å². The predicted octanol–water partition coefficient (Wildman–Crippen LogP) is 2.74. The number of amides is 1. The number of aliphatic imine (C=N–C) groups is 1. The van der Waals surface area contributed by atoms with Gasteiger partial charge in [-0.3, -0.25) is 9.89 Å². The molecule has 3 rings (SSSR count). The Hall–Kier alpha value is -1.80. The Morgan fingerprint density at radius 1 is 1.34 bits per heavy atom. The third kappa shape index (κ3) is 6.89. The fourth-order valence-electron chi connectivity index (χ4n) is 3.76. The lowest BCUT2D eigenvalue weighted by Gasteiger charge is -2.40. The van der Waals surface area contributed by atoms with Crippen LogP contribution in [0.25, 0.3) is 0 Å². The van der Waals surface area contributed by atoms with Gasteiger partial charge in [0.2, 0.25) is 0 Å². The second kappa shape index (κ2) is 9.80. The van der Waals surface area contributed by atoms with Gasteiger partial charge in [-0.25, -0.2) is 4.79 Å². The molecule has 1 unspecified atom stereocenters. The summed E-state index contributed by atoms with van der Waals surface area (Å²) < 4.78 is 5.40. The highest BCUT2D eigenvalue weighted by atomic mass is 32.1. The number of guanidine groups is 1. The van der Waals surface area contributed by atoms with Gasteiger partial charge in [0.1, 0.15) is 5.60 Å². The zero-order chi connectivity index (χ0) is 20.9. The van der Waals surface area contributed by atoms with E-state index >= 15 is 0 Å². The first-order valence-electron chi connectivity index (χ1n) is 10.5. The quantitative estimate of drug-likeness (QED) is 0.565. The first-order valence-corrected chi connectivity index (χ1v) is 11.4. The first-order chi connectivity index (χ1) is 13.8. The van der Waals surface area contributed by atoms with Crippen LogP contribution in [0.2, 0.25) is 0 Å². The fraction of sp³-hybridized carbons (Fsp3) is 0.714. The summed E-state index contributed by atoms with van der Waals surface area (Å²) in [5, 5.41) is 9.05. The Labute approximate surface area is 178 Å². The standard InChI is InChI=1S/C21H35N5O2S/c1-21(2,3)28-20(27)26-13-17(14-26)24-19(22-4)23-11-16-7-5-9-25(12-16)15-18-8-6-10-29-18/h6,8,10,16-17H,5,7,9,11-15H2,1-4H3,(H2,22,23,24). The molecule has 7 nitrogen and oxygen atoms in total. The van der Waals surface area contributed by atoms with Gasteiger partial charge in [0.05, 0.1) is 6.04 Å². The Kier molecular flexibility index (Phi) is 7.40. The average Bonchev–Trinajstić information content (AvgIpc) is 3.12. The van der Waals surface area contributed by atoms with Crippen LogP contribution in [0.4, 0.5) is 4.79 Å². The van der Waals surface area contributed by atoms with E-state index in [4.69, 9.17) is 4.74 Å². The third-order valence-electron chi connectivity index (χ3n) is 5.22. The number of nitrogens with one attached hydrogen (secondary N) is 2. The van der Waals surface area contributed by atoms with Gasteiger partial charge in [0.15, 0.2) is 5.96 Å². The van der Waals surface area contributed by atoms with Gasteiger partial charge in [-0.05, 0) is 57.5 Å². The predicted molar refractivity (Wildman–Crippen MR) is 118 cm³/mol. The molecule has 1 aromatic heterocycles. The molecule has 2 aliphatic heterocycles. The topological polar surface area (TPSA) is 69.2 Å². The number of carbonyl (C=O) groups excluding carboxylic acids is 1. The van der Waals surface area contributed by atoms with Crippen LogP contribution in [0.5, 0.6) is 0 Å². The maximum atomic E-state index is 12.0. The average molecular weight is 422 g/mol. The molecule has 1 amide bonds. The van der Waals surface area contributed by atoms with Gasteiger partial charge in [-0.15, -0.1) is 11.3 Å². The van der Waals surface area contributed by atoms with Crippen LogP contribution in [0.1, 0.15) is 38.5 Å². The SMILES string of the molecule is CN=C(NCC1CCCN(Cc2cccs2)C1)NC1CN(C(=O)OC(C)(C)C)C1. The molecule has 8 heteroatoms. The van der Waals surface area contributed by atoms with Crippen LogP contribution in [-0.4, -0.2) is 73.3 Å². The van der Waals surface area contributed by atoms with E-state index in [9.17, 15) is 4.79 Å².